The first-order valence-electron chi connectivity index (χ1n) is 20.9. The van der Waals surface area contributed by atoms with Gasteiger partial charge in [-0.3, -0.25) is 18.9 Å². The number of anilines is 1. The van der Waals surface area contributed by atoms with E-state index in [0.717, 1.165) is 12.1 Å². The summed E-state index contributed by atoms with van der Waals surface area (Å²) in [7, 11) is -6.46. The number of halogens is 2. The van der Waals surface area contributed by atoms with Gasteiger partial charge in [0.15, 0.2) is 5.75 Å². The first-order chi connectivity index (χ1) is 34.2. The van der Waals surface area contributed by atoms with Crippen molar-refractivity contribution < 1.29 is 55.5 Å². The van der Waals surface area contributed by atoms with E-state index in [-0.39, 0.29) is 98.5 Å². The molecule has 0 aliphatic rings. The summed E-state index contributed by atoms with van der Waals surface area (Å²) in [5, 5.41) is 57.9. The number of carbonyl (C=O) groups is 1. The molecule has 8 rings (SSSR count). The molecule has 0 radical (unpaired) electrons. The molecule has 4 N–H and O–H groups in total. The molecule has 0 fully saturated rings. The van der Waals surface area contributed by atoms with Crippen LogP contribution in [0.5, 0.6) is 23.0 Å². The second-order valence-corrected chi connectivity index (χ2v) is 18.9. The number of aliphatic imine (C=N–C) groups is 1. The Bertz CT molecular complexity index is 3790. The van der Waals surface area contributed by atoms with Crippen molar-refractivity contribution in [1.29, 1.82) is 0 Å². The maximum Gasteiger partial charge on any atom is 2.00 e. The second kappa shape index (κ2) is 23.6. The number of fused-ring (bicyclic) bond motifs is 2. The molecule has 0 aliphatic heterocycles. The average Bonchev–Trinajstić information content (AvgIpc) is 3.35. The van der Waals surface area contributed by atoms with Crippen molar-refractivity contribution in [2.24, 2.45) is 25.4 Å². The molecule has 8 aromatic carbocycles. The number of methoxy groups -OCH3 is 2. The summed E-state index contributed by atoms with van der Waals surface area (Å²) in [6, 6.07) is 34.9. The van der Waals surface area contributed by atoms with Gasteiger partial charge in [-0.05, 0) is 95.7 Å². The van der Waals surface area contributed by atoms with E-state index in [1.807, 2.05) is 0 Å². The molecule has 0 spiro atoms. The predicted octanol–water partition coefficient (Wildman–Crippen LogP) is 11.0. The number of ether oxygens (including phenoxy) is 2. The van der Waals surface area contributed by atoms with Crippen LogP contribution in [0.4, 0.5) is 34.1 Å². The number of phenols is 1. The number of carbonyl (C=O) groups excluding carboxylic acids is 1. The van der Waals surface area contributed by atoms with E-state index < -0.39 is 53.3 Å². The second-order valence-electron chi connectivity index (χ2n) is 15.3. The van der Waals surface area contributed by atoms with Gasteiger partial charge in [-0.1, -0.05) is 114 Å². The normalized spacial score (nSPS) is 11.9. The number of amides is 1. The standard InChI is InChI=1S/2C25H20ClN3O6S.Ba/c2*1-14-11-12-20(36(32,33)34)23(21(14)26)29-28-22-16-8-4-3-7-15(16)13-17(24(22)30)25(31)27-18-9-5-6-10-19(18)35-2;/h2*3-13,30H,1-2H3,(H,27,31)(H,32,33,34);/q;;+2/p-2. The number of nitrogens with zero attached hydrogens (tertiary/aromatic N) is 5. The van der Waals surface area contributed by atoms with Gasteiger partial charge in [0, 0.05) is 10.8 Å². The fourth-order valence-electron chi connectivity index (χ4n) is 7.09. The van der Waals surface area contributed by atoms with Gasteiger partial charge in [0.05, 0.1) is 41.2 Å². The summed E-state index contributed by atoms with van der Waals surface area (Å²) in [6.07, 6.45) is 0. The van der Waals surface area contributed by atoms with Gasteiger partial charge < -0.3 is 30.1 Å². The van der Waals surface area contributed by atoms with Crippen molar-refractivity contribution in [3.05, 3.63) is 166 Å². The Morgan fingerprint density at radius 1 is 0.603 bits per heavy atom. The third kappa shape index (κ3) is 12.5. The number of para-hydroxylation sites is 4. The molecule has 18 nitrogen and oxygen atoms in total. The minimum atomic E-state index is -4.69. The van der Waals surface area contributed by atoms with Crippen LogP contribution in [0.3, 0.4) is 0 Å². The molecule has 0 saturated carbocycles. The average molecular weight is 1190 g/mol. The smallest absolute Gasteiger partial charge is 0.871 e. The van der Waals surface area contributed by atoms with Crippen LogP contribution in [0.2, 0.25) is 10.0 Å². The van der Waals surface area contributed by atoms with E-state index in [1.54, 1.807) is 111 Å². The Kier molecular flexibility index (Phi) is 18.1. The number of aromatic hydroxyl groups is 1. The van der Waals surface area contributed by atoms with Crippen LogP contribution >= 0.6 is 23.2 Å². The molecular weight excluding hydrogens is 1150 g/mol. The number of aryl methyl sites for hydroxylation is 2. The Hall–Kier alpha value is -6.41. The van der Waals surface area contributed by atoms with Gasteiger partial charge in [0.25, 0.3) is 26.1 Å². The van der Waals surface area contributed by atoms with Gasteiger partial charge in [0.2, 0.25) is 0 Å². The van der Waals surface area contributed by atoms with Crippen molar-refractivity contribution in [3.63, 3.8) is 0 Å². The third-order valence-electron chi connectivity index (χ3n) is 10.7. The molecule has 0 unspecified atom stereocenters. The van der Waals surface area contributed by atoms with Gasteiger partial charge in [-0.15, -0.1) is 15.3 Å². The molecule has 0 bridgehead atoms. The van der Waals surface area contributed by atoms with Gasteiger partial charge in [-0.25, -0.2) is 0 Å². The third-order valence-corrected chi connectivity index (χ3v) is 13.4. The molecule has 368 valence electrons. The van der Waals surface area contributed by atoms with Crippen molar-refractivity contribution in [3.8, 4) is 23.0 Å². The van der Waals surface area contributed by atoms with Crippen LogP contribution in [-0.2, 0) is 20.2 Å². The number of azo groups is 2. The summed E-state index contributed by atoms with van der Waals surface area (Å²) in [5.74, 6) is -1.92. The van der Waals surface area contributed by atoms with E-state index in [1.165, 1.54) is 38.5 Å². The van der Waals surface area contributed by atoms with Crippen molar-refractivity contribution in [2.45, 2.75) is 23.6 Å². The van der Waals surface area contributed by atoms with Gasteiger partial charge >= 0.3 is 48.9 Å². The zero-order valence-corrected chi connectivity index (χ0v) is 46.3. The Balaban J connectivity index is 0.000000235. The number of nitrogens with one attached hydrogen (secondary N) is 1. The van der Waals surface area contributed by atoms with E-state index in [9.17, 15) is 46.1 Å². The van der Waals surface area contributed by atoms with Gasteiger partial charge in [0.1, 0.15) is 44.0 Å². The molecule has 0 aromatic heterocycles. The van der Waals surface area contributed by atoms with E-state index >= 15 is 0 Å². The largest absolute Gasteiger partial charge is 2.00 e. The fourth-order valence-corrected chi connectivity index (χ4v) is 8.86. The summed E-state index contributed by atoms with van der Waals surface area (Å²) in [5.41, 5.74) is 0.307. The fraction of sp³-hybridized carbons (Fsp3) is 0.0800. The van der Waals surface area contributed by atoms with Crippen LogP contribution < -0.4 is 25.0 Å². The SMILES string of the molecule is COc1ccccc1N=C([O-])c1cc2ccccc2c(N=Nc2c(S(=O)(=O)O)ccc(C)c2Cl)c1[O-].COc1ccccc1NC(=O)c1cc2ccccc2c(N=Nc2c(S(=O)(=O)O)ccc(C)c2Cl)c1O.[Ba+2]. The molecule has 23 heteroatoms. The molecule has 73 heavy (non-hydrogen) atoms. The summed E-state index contributed by atoms with van der Waals surface area (Å²) < 4.78 is 77.1. The molecular formula is C50H38BaCl2N6O12S2. The number of rotatable bonds is 12. The summed E-state index contributed by atoms with van der Waals surface area (Å²) in [4.78, 5) is 16.0. The quantitative estimate of drug-likeness (QED) is 0.0292. The molecule has 8 aromatic rings. The Morgan fingerprint density at radius 2 is 1.04 bits per heavy atom. The first-order valence-corrected chi connectivity index (χ1v) is 24.5. The number of hydrogen-bond donors (Lipinski definition) is 4. The maximum atomic E-state index is 13.4. The van der Waals surface area contributed by atoms with E-state index in [4.69, 9.17) is 32.7 Å². The van der Waals surface area contributed by atoms with Crippen molar-refractivity contribution >= 4 is 160 Å². The number of phenolic OH excluding ortho intramolecular Hbond substituents is 1. The Labute approximate surface area is 468 Å². The van der Waals surface area contributed by atoms with Gasteiger partial charge in [-0.2, -0.15) is 21.9 Å². The van der Waals surface area contributed by atoms with Crippen LogP contribution in [0.15, 0.2) is 169 Å². The molecule has 0 saturated heterocycles. The Morgan fingerprint density at radius 3 is 1.58 bits per heavy atom. The number of benzene rings is 8. The summed E-state index contributed by atoms with van der Waals surface area (Å²) >= 11 is 12.5. The number of hydrogen-bond acceptors (Lipinski definition) is 15. The molecule has 0 heterocycles. The van der Waals surface area contributed by atoms with Crippen LogP contribution in [0, 0.1) is 13.8 Å². The van der Waals surface area contributed by atoms with Crippen molar-refractivity contribution in [2.75, 3.05) is 19.5 Å². The van der Waals surface area contributed by atoms with E-state index in [0.29, 0.717) is 49.9 Å². The van der Waals surface area contributed by atoms with Crippen LogP contribution in [-0.4, -0.2) is 106 Å². The van der Waals surface area contributed by atoms with Crippen LogP contribution in [0.1, 0.15) is 27.0 Å². The minimum Gasteiger partial charge on any atom is -0.871 e. The predicted molar refractivity (Wildman–Crippen MR) is 275 cm³/mol. The zero-order chi connectivity index (χ0) is 52.1. The topological polar surface area (TPSA) is 284 Å². The minimum absolute atomic E-state index is 0. The first kappa shape index (κ1) is 55.9. The zero-order valence-electron chi connectivity index (χ0n) is 38.7. The van der Waals surface area contributed by atoms with Crippen molar-refractivity contribution in [1.82, 2.24) is 0 Å². The monoisotopic (exact) mass is 1190 g/mol. The maximum absolute atomic E-state index is 13.4. The van der Waals surface area contributed by atoms with E-state index in [2.05, 4.69) is 30.8 Å². The van der Waals surface area contributed by atoms with Crippen LogP contribution in [0.25, 0.3) is 21.5 Å². The molecule has 1 amide bonds. The molecule has 0 atom stereocenters. The molecule has 0 aliphatic carbocycles. The summed E-state index contributed by atoms with van der Waals surface area (Å²) in [6.45, 7) is 3.24.